The summed E-state index contributed by atoms with van der Waals surface area (Å²) in [6, 6.07) is 21.9. The molecule has 3 aromatic rings. The highest BCUT2D eigenvalue weighted by atomic mass is 15.3. The minimum absolute atomic E-state index is 0.248. The molecule has 2 aliphatic heterocycles. The van der Waals surface area contributed by atoms with E-state index in [1.807, 2.05) is 0 Å². The van der Waals surface area contributed by atoms with Crippen LogP contribution < -0.4 is 15.5 Å². The molecule has 0 atom stereocenters. The molecule has 2 aliphatic rings. The van der Waals surface area contributed by atoms with Gasteiger partial charge in [0.2, 0.25) is 0 Å². The third-order valence-corrected chi connectivity index (χ3v) is 7.17. The number of aromatic nitrogens is 2. The molecule has 7 heteroatoms. The molecule has 178 valence electrons. The van der Waals surface area contributed by atoms with Crippen molar-refractivity contribution in [2.24, 2.45) is 0 Å². The van der Waals surface area contributed by atoms with Gasteiger partial charge in [-0.1, -0.05) is 67.6 Å². The fraction of sp³-hybridized carbons (Fsp3) is 0.407. The van der Waals surface area contributed by atoms with Crippen molar-refractivity contribution in [1.29, 1.82) is 0 Å². The van der Waals surface area contributed by atoms with Crippen molar-refractivity contribution in [1.82, 2.24) is 19.8 Å². The van der Waals surface area contributed by atoms with E-state index in [4.69, 9.17) is 5.73 Å². The molecule has 2 N–H and O–H groups in total. The van der Waals surface area contributed by atoms with Crippen molar-refractivity contribution in [3.05, 3.63) is 78.1 Å². The average Bonchev–Trinajstić information content (AvgIpc) is 2.91. The van der Waals surface area contributed by atoms with E-state index in [0.29, 0.717) is 5.69 Å². The molecule has 0 amide bonds. The molecule has 2 saturated heterocycles. The molecule has 7 nitrogen and oxygen atoms in total. The molecule has 0 saturated carbocycles. The van der Waals surface area contributed by atoms with E-state index in [1.54, 1.807) is 6.33 Å². The minimum Gasteiger partial charge on any atom is -0.393 e. The quantitative estimate of drug-likeness (QED) is 0.610. The monoisotopic (exact) mass is 457 g/mol. The van der Waals surface area contributed by atoms with E-state index in [2.05, 4.69) is 97.2 Å². The molecule has 0 unspecified atom stereocenters. The number of benzene rings is 2. The van der Waals surface area contributed by atoms with Gasteiger partial charge in [-0.25, -0.2) is 9.97 Å². The molecular formula is C27H35N7. The third-order valence-electron chi connectivity index (χ3n) is 7.17. The zero-order valence-electron chi connectivity index (χ0n) is 20.1. The first-order chi connectivity index (χ1) is 16.7. The van der Waals surface area contributed by atoms with Crippen molar-refractivity contribution in [2.75, 3.05) is 74.4 Å². The van der Waals surface area contributed by atoms with E-state index in [1.165, 1.54) is 11.1 Å². The third kappa shape index (κ3) is 4.72. The maximum Gasteiger partial charge on any atom is 0.157 e. The Kier molecular flexibility index (Phi) is 6.92. The number of nitrogen functional groups attached to an aromatic ring is 1. The summed E-state index contributed by atoms with van der Waals surface area (Å²) in [6.45, 7) is 11.0. The van der Waals surface area contributed by atoms with Crippen molar-refractivity contribution in [3.8, 4) is 0 Å². The van der Waals surface area contributed by atoms with Gasteiger partial charge < -0.3 is 20.4 Å². The number of nitrogens with two attached hydrogens (primary N) is 1. The fourth-order valence-electron chi connectivity index (χ4n) is 5.23. The van der Waals surface area contributed by atoms with Gasteiger partial charge in [-0.3, -0.25) is 4.90 Å². The lowest BCUT2D eigenvalue weighted by Gasteiger charge is -2.41. The zero-order chi connectivity index (χ0) is 23.3. The smallest absolute Gasteiger partial charge is 0.157 e. The zero-order valence-corrected chi connectivity index (χ0v) is 20.1. The molecular weight excluding hydrogens is 422 g/mol. The van der Waals surface area contributed by atoms with Gasteiger partial charge in [0.1, 0.15) is 12.0 Å². The molecule has 1 aromatic heterocycles. The number of piperazine rings is 2. The van der Waals surface area contributed by atoms with Crippen molar-refractivity contribution in [2.45, 2.75) is 13.0 Å². The fourth-order valence-corrected chi connectivity index (χ4v) is 5.23. The molecule has 2 fully saturated rings. The average molecular weight is 458 g/mol. The lowest BCUT2D eigenvalue weighted by molar-refractivity contribution is 0.212. The maximum atomic E-state index is 6.65. The molecule has 3 heterocycles. The molecule has 2 aromatic carbocycles. The van der Waals surface area contributed by atoms with Crippen molar-refractivity contribution < 1.29 is 0 Å². The maximum absolute atomic E-state index is 6.65. The van der Waals surface area contributed by atoms with Crippen LogP contribution in [-0.4, -0.2) is 78.7 Å². The van der Waals surface area contributed by atoms with Crippen molar-refractivity contribution >= 4 is 17.3 Å². The first-order valence-corrected chi connectivity index (χ1v) is 12.4. The van der Waals surface area contributed by atoms with E-state index in [9.17, 15) is 0 Å². The Morgan fingerprint density at radius 3 is 1.65 bits per heavy atom. The van der Waals surface area contributed by atoms with E-state index in [-0.39, 0.29) is 6.04 Å². The normalized spacial score (nSPS) is 17.9. The van der Waals surface area contributed by atoms with Gasteiger partial charge in [0.25, 0.3) is 0 Å². The molecule has 0 bridgehead atoms. The molecule has 0 spiro atoms. The topological polar surface area (TPSA) is 64.8 Å². The largest absolute Gasteiger partial charge is 0.393 e. The summed E-state index contributed by atoms with van der Waals surface area (Å²) in [7, 11) is 0. The summed E-state index contributed by atoms with van der Waals surface area (Å²) in [4.78, 5) is 18.8. The Bertz CT molecular complexity index is 1000. The number of hydrogen-bond acceptors (Lipinski definition) is 7. The Morgan fingerprint density at radius 1 is 0.706 bits per heavy atom. The van der Waals surface area contributed by atoms with Gasteiger partial charge in [-0.2, -0.15) is 0 Å². The Morgan fingerprint density at radius 2 is 1.18 bits per heavy atom. The van der Waals surface area contributed by atoms with Gasteiger partial charge in [-0.15, -0.1) is 0 Å². The van der Waals surface area contributed by atoms with Gasteiger partial charge >= 0.3 is 0 Å². The number of hydrogen-bond donors (Lipinski definition) is 1. The van der Waals surface area contributed by atoms with Crippen LogP contribution in [0.25, 0.3) is 0 Å². The van der Waals surface area contributed by atoms with Crippen molar-refractivity contribution in [3.63, 3.8) is 0 Å². The first-order valence-electron chi connectivity index (χ1n) is 12.4. The van der Waals surface area contributed by atoms with Crippen LogP contribution in [0.4, 0.5) is 17.3 Å². The summed E-state index contributed by atoms with van der Waals surface area (Å²) < 4.78 is 0. The number of rotatable bonds is 6. The van der Waals surface area contributed by atoms with E-state index in [0.717, 1.165) is 70.5 Å². The minimum atomic E-state index is 0.248. The van der Waals surface area contributed by atoms with Crippen LogP contribution in [0, 0.1) is 0 Å². The van der Waals surface area contributed by atoms with Crippen LogP contribution in [0.2, 0.25) is 0 Å². The predicted octanol–water partition coefficient (Wildman–Crippen LogP) is 3.11. The number of anilines is 3. The van der Waals surface area contributed by atoms with Gasteiger partial charge in [0.05, 0.1) is 6.04 Å². The second-order valence-corrected chi connectivity index (χ2v) is 9.10. The van der Waals surface area contributed by atoms with Crippen LogP contribution in [0.3, 0.4) is 0 Å². The first kappa shape index (κ1) is 22.6. The second-order valence-electron chi connectivity index (χ2n) is 9.10. The Labute approximate surface area is 202 Å². The van der Waals surface area contributed by atoms with E-state index >= 15 is 0 Å². The highest BCUT2D eigenvalue weighted by molar-refractivity contribution is 5.76. The molecule has 0 radical (unpaired) electrons. The molecule has 34 heavy (non-hydrogen) atoms. The SMILES string of the molecule is CCN1CCN(c2ncnc(N3CCN(C(c4ccccc4)c4ccccc4)CC3)c2N)CC1. The van der Waals surface area contributed by atoms with Gasteiger partial charge in [-0.05, 0) is 17.7 Å². The van der Waals surface area contributed by atoms with Crippen LogP contribution in [-0.2, 0) is 0 Å². The molecule has 5 rings (SSSR count). The number of likely N-dealkylation sites (N-methyl/N-ethyl adjacent to an activating group) is 1. The van der Waals surface area contributed by atoms with Gasteiger partial charge in [0.15, 0.2) is 11.6 Å². The summed E-state index contributed by atoms with van der Waals surface area (Å²) in [5.41, 5.74) is 10.0. The van der Waals surface area contributed by atoms with E-state index < -0.39 is 0 Å². The summed E-state index contributed by atoms with van der Waals surface area (Å²) in [5, 5.41) is 0. The standard InChI is InChI=1S/C27H35N7/c1-2-31-13-15-33(16-14-31)26-24(28)27(30-21-29-26)34-19-17-32(18-20-34)25(22-9-5-3-6-10-22)23-11-7-4-8-12-23/h3-12,21,25H,2,13-20,28H2,1H3. The van der Waals surface area contributed by atoms with Crippen LogP contribution >= 0.6 is 0 Å². The van der Waals surface area contributed by atoms with Crippen LogP contribution in [0.5, 0.6) is 0 Å². The van der Waals surface area contributed by atoms with Gasteiger partial charge in [0, 0.05) is 52.4 Å². The lowest BCUT2D eigenvalue weighted by atomic mass is 9.96. The summed E-state index contributed by atoms with van der Waals surface area (Å²) >= 11 is 0. The number of nitrogens with zero attached hydrogens (tertiary/aromatic N) is 6. The lowest BCUT2D eigenvalue weighted by Crippen LogP contribution is -2.49. The summed E-state index contributed by atoms with van der Waals surface area (Å²) in [6.07, 6.45) is 1.68. The second kappa shape index (κ2) is 10.4. The van der Waals surface area contributed by atoms with Crippen LogP contribution in [0.1, 0.15) is 24.1 Å². The summed E-state index contributed by atoms with van der Waals surface area (Å²) in [5.74, 6) is 1.76. The Balaban J connectivity index is 1.31. The molecule has 0 aliphatic carbocycles. The predicted molar refractivity (Wildman–Crippen MR) is 139 cm³/mol. The highest BCUT2D eigenvalue weighted by Crippen LogP contribution is 2.33. The van der Waals surface area contributed by atoms with Crippen LogP contribution in [0.15, 0.2) is 67.0 Å². The Hall–Kier alpha value is -3.16. The highest BCUT2D eigenvalue weighted by Gasteiger charge is 2.29.